The second-order valence-electron chi connectivity index (χ2n) is 4.39. The molecule has 21 heavy (non-hydrogen) atoms. The van der Waals surface area contributed by atoms with E-state index in [9.17, 15) is 9.59 Å². The van der Waals surface area contributed by atoms with E-state index < -0.39 is 11.8 Å². The van der Waals surface area contributed by atoms with Crippen molar-refractivity contribution in [1.29, 1.82) is 0 Å². The van der Waals surface area contributed by atoms with Gasteiger partial charge in [-0.1, -0.05) is 6.58 Å². The smallest absolute Gasteiger partial charge is 0.248 e. The molecule has 0 saturated heterocycles. The minimum absolute atomic E-state index is 0.218. The maximum Gasteiger partial charge on any atom is 0.248 e. The molecule has 0 atom stereocenters. The molecule has 0 saturated carbocycles. The van der Waals surface area contributed by atoms with E-state index in [1.807, 2.05) is 0 Å². The molecule has 2 aromatic rings. The van der Waals surface area contributed by atoms with Gasteiger partial charge in [-0.15, -0.1) is 0 Å². The van der Waals surface area contributed by atoms with E-state index in [-0.39, 0.29) is 11.1 Å². The van der Waals surface area contributed by atoms with Gasteiger partial charge in [0, 0.05) is 41.3 Å². The normalized spacial score (nSPS) is 10.1. The molecular formula is C14H15N5O2. The molecule has 0 unspecified atom stereocenters. The van der Waals surface area contributed by atoms with Gasteiger partial charge in [0.25, 0.3) is 0 Å². The molecule has 0 fully saturated rings. The number of nitrogens with zero attached hydrogens (tertiary/aromatic N) is 2. The lowest BCUT2D eigenvalue weighted by Crippen LogP contribution is -2.16. The molecule has 1 aromatic heterocycles. The Morgan fingerprint density at radius 3 is 2.33 bits per heavy atom. The van der Waals surface area contributed by atoms with Crippen LogP contribution in [0.1, 0.15) is 26.3 Å². The SMILES string of the molecule is C=Cn1cc(CNc2cc(C(N)=O)cc(C(N)=O)c2)cn1. The third kappa shape index (κ3) is 3.47. The van der Waals surface area contributed by atoms with Gasteiger partial charge in [-0.25, -0.2) is 4.68 Å². The lowest BCUT2D eigenvalue weighted by atomic mass is 10.1. The van der Waals surface area contributed by atoms with E-state index in [0.717, 1.165) is 5.56 Å². The van der Waals surface area contributed by atoms with Gasteiger partial charge in [0.05, 0.1) is 6.20 Å². The molecule has 0 aliphatic carbocycles. The first-order valence-corrected chi connectivity index (χ1v) is 6.13. The number of amides is 2. The minimum Gasteiger partial charge on any atom is -0.381 e. The third-order valence-electron chi connectivity index (χ3n) is 2.84. The molecule has 1 aromatic carbocycles. The number of benzene rings is 1. The van der Waals surface area contributed by atoms with Crippen molar-refractivity contribution in [3.8, 4) is 0 Å². The highest BCUT2D eigenvalue weighted by Gasteiger charge is 2.09. The predicted octanol–water partition coefficient (Wildman–Crippen LogP) is 0.793. The number of primary amides is 2. The second kappa shape index (κ2) is 5.91. The fraction of sp³-hybridized carbons (Fsp3) is 0.0714. The van der Waals surface area contributed by atoms with Crippen molar-refractivity contribution in [2.24, 2.45) is 11.5 Å². The van der Waals surface area contributed by atoms with Crippen LogP contribution in [0.3, 0.4) is 0 Å². The van der Waals surface area contributed by atoms with Crippen LogP contribution >= 0.6 is 0 Å². The van der Waals surface area contributed by atoms with Crippen molar-refractivity contribution >= 4 is 23.7 Å². The molecular weight excluding hydrogens is 270 g/mol. The molecule has 108 valence electrons. The quantitative estimate of drug-likeness (QED) is 0.727. The molecule has 7 nitrogen and oxygen atoms in total. The summed E-state index contributed by atoms with van der Waals surface area (Å²) >= 11 is 0. The monoisotopic (exact) mass is 285 g/mol. The van der Waals surface area contributed by atoms with Gasteiger partial charge < -0.3 is 16.8 Å². The summed E-state index contributed by atoms with van der Waals surface area (Å²) in [6.45, 7) is 4.07. The van der Waals surface area contributed by atoms with Crippen molar-refractivity contribution in [3.05, 3.63) is 53.9 Å². The van der Waals surface area contributed by atoms with Crippen molar-refractivity contribution in [2.75, 3.05) is 5.32 Å². The van der Waals surface area contributed by atoms with Gasteiger partial charge in [0.2, 0.25) is 11.8 Å². The van der Waals surface area contributed by atoms with Gasteiger partial charge >= 0.3 is 0 Å². The summed E-state index contributed by atoms with van der Waals surface area (Å²) in [6, 6.07) is 4.49. The highest BCUT2D eigenvalue weighted by Crippen LogP contribution is 2.16. The summed E-state index contributed by atoms with van der Waals surface area (Å²) < 4.78 is 1.58. The van der Waals surface area contributed by atoms with Gasteiger partial charge in [0.1, 0.15) is 0 Å². The lowest BCUT2D eigenvalue weighted by Gasteiger charge is -2.08. The Bertz CT molecular complexity index is 673. The van der Waals surface area contributed by atoms with Crippen LogP contribution in [-0.4, -0.2) is 21.6 Å². The summed E-state index contributed by atoms with van der Waals surface area (Å²) in [5.74, 6) is -1.25. The van der Waals surface area contributed by atoms with Gasteiger partial charge in [-0.3, -0.25) is 9.59 Å². The van der Waals surface area contributed by atoms with Crippen LogP contribution in [-0.2, 0) is 6.54 Å². The molecule has 2 amide bonds. The number of nitrogens with two attached hydrogens (primary N) is 2. The number of rotatable bonds is 6. The number of carbonyl (C=O) groups is 2. The molecule has 7 heteroatoms. The van der Waals surface area contributed by atoms with Crippen LogP contribution in [0.15, 0.2) is 37.2 Å². The van der Waals surface area contributed by atoms with E-state index in [0.29, 0.717) is 12.2 Å². The first-order chi connectivity index (χ1) is 9.99. The third-order valence-corrected chi connectivity index (χ3v) is 2.84. The molecule has 0 aliphatic heterocycles. The van der Waals surface area contributed by atoms with Crippen molar-refractivity contribution in [1.82, 2.24) is 9.78 Å². The van der Waals surface area contributed by atoms with E-state index in [4.69, 9.17) is 11.5 Å². The summed E-state index contributed by atoms with van der Waals surface area (Å²) in [6.07, 6.45) is 5.05. The molecule has 5 N–H and O–H groups in total. The zero-order valence-electron chi connectivity index (χ0n) is 11.2. The van der Waals surface area contributed by atoms with Crippen molar-refractivity contribution < 1.29 is 9.59 Å². The van der Waals surface area contributed by atoms with Crippen LogP contribution < -0.4 is 16.8 Å². The molecule has 0 spiro atoms. The van der Waals surface area contributed by atoms with E-state index >= 15 is 0 Å². The number of anilines is 1. The predicted molar refractivity (Wildman–Crippen MR) is 79.4 cm³/mol. The summed E-state index contributed by atoms with van der Waals surface area (Å²) in [5.41, 5.74) is 12.4. The maximum absolute atomic E-state index is 11.3. The van der Waals surface area contributed by atoms with Crippen LogP contribution in [0.2, 0.25) is 0 Å². The topological polar surface area (TPSA) is 116 Å². The Hall–Kier alpha value is -3.09. The van der Waals surface area contributed by atoms with E-state index in [2.05, 4.69) is 17.0 Å². The average Bonchev–Trinajstić information content (AvgIpc) is 2.92. The first-order valence-electron chi connectivity index (χ1n) is 6.13. The molecule has 1 heterocycles. The standard InChI is InChI=1S/C14H15N5O2/c1-2-19-8-9(7-18-19)6-17-12-4-10(13(15)20)3-11(5-12)14(16)21/h2-5,7-8,17H,1,6H2,(H2,15,20)(H2,16,21). The number of hydrogen-bond acceptors (Lipinski definition) is 4. The zero-order valence-corrected chi connectivity index (χ0v) is 11.2. The van der Waals surface area contributed by atoms with Gasteiger partial charge in [0.15, 0.2) is 0 Å². The molecule has 0 radical (unpaired) electrons. The Morgan fingerprint density at radius 2 is 1.86 bits per heavy atom. The second-order valence-corrected chi connectivity index (χ2v) is 4.39. The summed E-state index contributed by atoms with van der Waals surface area (Å²) in [5, 5.41) is 7.13. The van der Waals surface area contributed by atoms with Crippen LogP contribution in [0, 0.1) is 0 Å². The Balaban J connectivity index is 2.20. The maximum atomic E-state index is 11.3. The van der Waals surface area contributed by atoms with Gasteiger partial charge in [-0.2, -0.15) is 5.10 Å². The average molecular weight is 285 g/mol. The highest BCUT2D eigenvalue weighted by atomic mass is 16.1. The number of aromatic nitrogens is 2. The fourth-order valence-corrected chi connectivity index (χ4v) is 1.79. The Morgan fingerprint density at radius 1 is 1.24 bits per heavy atom. The summed E-state index contributed by atoms with van der Waals surface area (Å²) in [4.78, 5) is 22.5. The largest absolute Gasteiger partial charge is 0.381 e. The van der Waals surface area contributed by atoms with E-state index in [1.54, 1.807) is 35.4 Å². The number of hydrogen-bond donors (Lipinski definition) is 3. The van der Waals surface area contributed by atoms with Crippen LogP contribution in [0.5, 0.6) is 0 Å². The zero-order chi connectivity index (χ0) is 15.4. The lowest BCUT2D eigenvalue weighted by molar-refractivity contribution is 0.0999. The van der Waals surface area contributed by atoms with E-state index in [1.165, 1.54) is 6.07 Å². The van der Waals surface area contributed by atoms with Crippen LogP contribution in [0.4, 0.5) is 5.69 Å². The Kier molecular flexibility index (Phi) is 4.03. The molecule has 2 rings (SSSR count). The Labute approximate surface area is 121 Å². The minimum atomic E-state index is -0.624. The summed E-state index contributed by atoms with van der Waals surface area (Å²) in [7, 11) is 0. The number of nitrogens with one attached hydrogen (secondary N) is 1. The van der Waals surface area contributed by atoms with Crippen LogP contribution in [0.25, 0.3) is 6.20 Å². The van der Waals surface area contributed by atoms with Gasteiger partial charge in [-0.05, 0) is 18.2 Å². The molecule has 0 bridgehead atoms. The fourth-order valence-electron chi connectivity index (χ4n) is 1.79. The molecule has 0 aliphatic rings. The first kappa shape index (κ1) is 14.3. The van der Waals surface area contributed by atoms with Crippen molar-refractivity contribution in [2.45, 2.75) is 6.54 Å². The number of carbonyl (C=O) groups excluding carboxylic acids is 2. The highest BCUT2D eigenvalue weighted by molar-refractivity contribution is 5.99. The van der Waals surface area contributed by atoms with Crippen molar-refractivity contribution in [3.63, 3.8) is 0 Å².